The molecule has 37 heavy (non-hydrogen) atoms. The number of likely N-dealkylation sites (tertiary alicyclic amines) is 1. The van der Waals surface area contributed by atoms with Gasteiger partial charge in [-0.2, -0.15) is 0 Å². The Morgan fingerprint density at radius 1 is 1.00 bits per heavy atom. The molecule has 2 aliphatic rings. The van der Waals surface area contributed by atoms with Crippen molar-refractivity contribution in [3.8, 4) is 5.75 Å². The van der Waals surface area contributed by atoms with Gasteiger partial charge >= 0.3 is 11.9 Å². The van der Waals surface area contributed by atoms with Crippen LogP contribution in [0.3, 0.4) is 0 Å². The van der Waals surface area contributed by atoms with E-state index >= 15 is 0 Å². The van der Waals surface area contributed by atoms with Gasteiger partial charge in [0.25, 0.3) is 0 Å². The number of methoxy groups -OCH3 is 1. The molecule has 0 saturated carbocycles. The van der Waals surface area contributed by atoms with Gasteiger partial charge in [-0.05, 0) is 61.7 Å². The van der Waals surface area contributed by atoms with Gasteiger partial charge in [0.1, 0.15) is 5.75 Å². The Kier molecular flexibility index (Phi) is 10.4. The number of aliphatic carboxylic acids is 2. The molecule has 2 aliphatic heterocycles. The number of nitrogens with zero attached hydrogens (tertiary/aromatic N) is 2. The Labute approximate surface area is 226 Å². The van der Waals surface area contributed by atoms with Crippen molar-refractivity contribution in [2.75, 3.05) is 33.3 Å². The largest absolute Gasteiger partial charge is 0.496 e. The van der Waals surface area contributed by atoms with E-state index in [1.807, 2.05) is 23.1 Å². The van der Waals surface area contributed by atoms with E-state index in [-0.39, 0.29) is 11.9 Å². The van der Waals surface area contributed by atoms with E-state index < -0.39 is 11.9 Å². The van der Waals surface area contributed by atoms with Crippen molar-refractivity contribution in [3.63, 3.8) is 0 Å². The number of halogens is 2. The second-order valence-corrected chi connectivity index (χ2v) is 9.64. The second kappa shape index (κ2) is 13.5. The van der Waals surface area contributed by atoms with E-state index in [0.29, 0.717) is 35.2 Å². The lowest BCUT2D eigenvalue weighted by atomic mass is 9.90. The molecule has 0 bridgehead atoms. The van der Waals surface area contributed by atoms with Gasteiger partial charge in [0.05, 0.1) is 29.6 Å². The Morgan fingerprint density at radius 2 is 1.68 bits per heavy atom. The monoisotopic (exact) mass is 548 g/mol. The molecule has 1 atom stereocenters. The average Bonchev–Trinajstić information content (AvgIpc) is 3.38. The first kappa shape index (κ1) is 28.5. The minimum absolute atomic E-state index is 0.0437. The van der Waals surface area contributed by atoms with E-state index in [4.69, 9.17) is 38.2 Å². The summed E-state index contributed by atoms with van der Waals surface area (Å²) >= 11 is 12.2. The van der Waals surface area contributed by atoms with Gasteiger partial charge in [-0.25, -0.2) is 9.59 Å². The van der Waals surface area contributed by atoms with Crippen LogP contribution in [0, 0.1) is 0 Å². The fourth-order valence-corrected chi connectivity index (χ4v) is 5.00. The minimum Gasteiger partial charge on any atom is -0.496 e. The van der Waals surface area contributed by atoms with E-state index in [1.165, 1.54) is 24.0 Å². The topological polar surface area (TPSA) is 107 Å². The van der Waals surface area contributed by atoms with Gasteiger partial charge in [0.2, 0.25) is 5.91 Å². The Balaban J connectivity index is 0.000000414. The number of amides is 1. The number of hydrogen-bond acceptors (Lipinski definition) is 5. The van der Waals surface area contributed by atoms with E-state index in [2.05, 4.69) is 11.0 Å². The van der Waals surface area contributed by atoms with Crippen LogP contribution >= 0.6 is 23.2 Å². The lowest BCUT2D eigenvalue weighted by Crippen LogP contribution is -2.45. The maximum absolute atomic E-state index is 13.3. The van der Waals surface area contributed by atoms with Crippen LogP contribution in [0.15, 0.2) is 48.6 Å². The summed E-state index contributed by atoms with van der Waals surface area (Å²) in [7, 11) is 1.72. The number of carbonyl (C=O) groups is 3. The summed E-state index contributed by atoms with van der Waals surface area (Å²) in [6, 6.07) is 11.7. The first-order valence-electron chi connectivity index (χ1n) is 11.9. The molecular formula is C27H30Cl2N2O6. The number of benzene rings is 2. The normalized spacial score (nSPS) is 17.2. The predicted octanol–water partition coefficient (Wildman–Crippen LogP) is 4.48. The zero-order valence-electron chi connectivity index (χ0n) is 20.5. The maximum Gasteiger partial charge on any atom is 0.328 e. The summed E-state index contributed by atoms with van der Waals surface area (Å²) in [5.74, 6) is -1.47. The third-order valence-corrected chi connectivity index (χ3v) is 7.12. The quantitative estimate of drug-likeness (QED) is 0.491. The third kappa shape index (κ3) is 7.95. The molecular weight excluding hydrogens is 519 g/mol. The van der Waals surface area contributed by atoms with Crippen LogP contribution in [0.1, 0.15) is 35.6 Å². The Bertz CT molecular complexity index is 1150. The van der Waals surface area contributed by atoms with E-state index in [9.17, 15) is 14.4 Å². The number of ether oxygens (including phenoxy) is 1. The highest BCUT2D eigenvalue weighted by atomic mass is 35.5. The van der Waals surface area contributed by atoms with Crippen molar-refractivity contribution >= 4 is 41.0 Å². The molecule has 2 N–H and O–H groups in total. The molecule has 2 aromatic carbocycles. The van der Waals surface area contributed by atoms with Crippen LogP contribution in [0.2, 0.25) is 10.0 Å². The molecule has 10 heteroatoms. The van der Waals surface area contributed by atoms with Crippen LogP contribution in [0.5, 0.6) is 5.75 Å². The van der Waals surface area contributed by atoms with Crippen LogP contribution in [0.25, 0.3) is 0 Å². The van der Waals surface area contributed by atoms with E-state index in [0.717, 1.165) is 37.4 Å². The number of fused-ring (bicyclic) bond motifs is 1. The number of carbonyl (C=O) groups excluding carboxylic acids is 1. The number of carboxylic acid groups (broad SMARTS) is 2. The smallest absolute Gasteiger partial charge is 0.328 e. The molecule has 0 aliphatic carbocycles. The summed E-state index contributed by atoms with van der Waals surface area (Å²) in [4.78, 5) is 36.9. The van der Waals surface area contributed by atoms with Crippen molar-refractivity contribution in [1.82, 2.24) is 9.80 Å². The Morgan fingerprint density at radius 3 is 2.27 bits per heavy atom. The van der Waals surface area contributed by atoms with Gasteiger partial charge < -0.3 is 24.7 Å². The summed E-state index contributed by atoms with van der Waals surface area (Å²) in [6.07, 6.45) is 4.71. The fraction of sp³-hybridized carbons (Fsp3) is 0.370. The van der Waals surface area contributed by atoms with Crippen LogP contribution in [0.4, 0.5) is 0 Å². The molecule has 0 aromatic heterocycles. The lowest BCUT2D eigenvalue weighted by molar-refractivity contribution is -0.134. The standard InChI is InChI=1S/C23H26Cl2N2O2.C4H4O4/c1-29-22-6-4-5-17-18(22)9-12-27(21(17)15-26-10-2-3-11-26)23(28)14-16-7-8-19(24)20(25)13-16;5-3(6)1-2-4(7)8/h4-8,13,21H,2-3,9-12,14-15H2,1H3;1-2H,(H,5,6)(H,7,8)/b;2-1-. The summed E-state index contributed by atoms with van der Waals surface area (Å²) < 4.78 is 5.60. The van der Waals surface area contributed by atoms with Crippen molar-refractivity contribution in [2.45, 2.75) is 31.7 Å². The van der Waals surface area contributed by atoms with Gasteiger partial charge in [-0.15, -0.1) is 0 Å². The molecule has 1 unspecified atom stereocenters. The average molecular weight is 549 g/mol. The molecule has 1 saturated heterocycles. The SMILES string of the molecule is COc1cccc2c1CCN(C(=O)Cc1ccc(Cl)c(Cl)c1)C2CN1CCCC1.O=C(O)/C=C\C(=O)O. The molecule has 1 amide bonds. The molecule has 198 valence electrons. The second-order valence-electron chi connectivity index (χ2n) is 8.82. The first-order valence-corrected chi connectivity index (χ1v) is 12.7. The number of hydrogen-bond donors (Lipinski definition) is 2. The first-order chi connectivity index (χ1) is 17.7. The zero-order valence-corrected chi connectivity index (χ0v) is 22.0. The molecule has 8 nitrogen and oxygen atoms in total. The summed E-state index contributed by atoms with van der Waals surface area (Å²) in [6.45, 7) is 3.77. The van der Waals surface area contributed by atoms with Crippen LogP contribution in [-0.2, 0) is 27.2 Å². The van der Waals surface area contributed by atoms with Gasteiger partial charge in [-0.3, -0.25) is 4.79 Å². The van der Waals surface area contributed by atoms with Crippen LogP contribution < -0.4 is 4.74 Å². The number of carboxylic acids is 2. The summed E-state index contributed by atoms with van der Waals surface area (Å²) in [5.41, 5.74) is 3.34. The maximum atomic E-state index is 13.3. The van der Waals surface area contributed by atoms with Crippen molar-refractivity contribution in [1.29, 1.82) is 0 Å². The van der Waals surface area contributed by atoms with Gasteiger partial charge in [0.15, 0.2) is 0 Å². The lowest BCUT2D eigenvalue weighted by Gasteiger charge is -2.40. The van der Waals surface area contributed by atoms with Gasteiger partial charge in [-0.1, -0.05) is 41.4 Å². The zero-order chi connectivity index (χ0) is 26.9. The van der Waals surface area contributed by atoms with Crippen molar-refractivity contribution < 1.29 is 29.3 Å². The number of rotatable bonds is 7. The third-order valence-electron chi connectivity index (χ3n) is 6.39. The van der Waals surface area contributed by atoms with Crippen molar-refractivity contribution in [3.05, 3.63) is 75.3 Å². The highest BCUT2D eigenvalue weighted by molar-refractivity contribution is 6.42. The van der Waals surface area contributed by atoms with Crippen molar-refractivity contribution in [2.24, 2.45) is 0 Å². The summed E-state index contributed by atoms with van der Waals surface area (Å²) in [5, 5.41) is 16.6. The van der Waals surface area contributed by atoms with E-state index in [1.54, 1.807) is 19.2 Å². The highest BCUT2D eigenvalue weighted by Gasteiger charge is 2.34. The fourth-order valence-electron chi connectivity index (χ4n) is 4.68. The molecule has 4 rings (SSSR count). The molecule has 2 aromatic rings. The van der Waals surface area contributed by atoms with Crippen LogP contribution in [-0.4, -0.2) is 71.1 Å². The molecule has 0 radical (unpaired) electrons. The minimum atomic E-state index is -1.26. The van der Waals surface area contributed by atoms with Gasteiger partial charge in [0, 0.05) is 30.8 Å². The Hall–Kier alpha value is -3.07. The highest BCUT2D eigenvalue weighted by Crippen LogP contribution is 2.36. The molecule has 2 heterocycles. The predicted molar refractivity (Wildman–Crippen MR) is 141 cm³/mol. The molecule has 0 spiro atoms. The molecule has 1 fully saturated rings.